The minimum absolute atomic E-state index is 0.0822. The Bertz CT molecular complexity index is 1970. The molecule has 2 unspecified atom stereocenters. The molecule has 0 saturated carbocycles. The van der Waals surface area contributed by atoms with Crippen molar-refractivity contribution in [2.24, 2.45) is 0 Å². The molecule has 0 bridgehead atoms. The van der Waals surface area contributed by atoms with Gasteiger partial charge in [-0.05, 0) is 66.9 Å². The van der Waals surface area contributed by atoms with E-state index in [1.807, 2.05) is 23.1 Å². The van der Waals surface area contributed by atoms with Gasteiger partial charge >= 0.3 is 0 Å². The van der Waals surface area contributed by atoms with Crippen LogP contribution in [0, 0.1) is 11.3 Å². The molecule has 12 nitrogen and oxygen atoms in total. The number of likely N-dealkylation sites (tertiary alicyclic amines) is 1. The van der Waals surface area contributed by atoms with E-state index in [9.17, 15) is 13.7 Å². The van der Waals surface area contributed by atoms with Crippen molar-refractivity contribution in [3.8, 4) is 17.6 Å². The van der Waals surface area contributed by atoms with Crippen molar-refractivity contribution in [3.63, 3.8) is 0 Å². The lowest BCUT2D eigenvalue weighted by Gasteiger charge is -2.41. The van der Waals surface area contributed by atoms with Crippen molar-refractivity contribution in [2.75, 3.05) is 51.4 Å². The number of aromatic nitrogens is 1. The summed E-state index contributed by atoms with van der Waals surface area (Å²) in [6, 6.07) is 18.0. The fraction of sp³-hybridized carbons (Fsp3) is 0.343. The molecular weight excluding hydrogens is 634 g/mol. The molecule has 4 aromatic rings. The summed E-state index contributed by atoms with van der Waals surface area (Å²) in [7, 11) is -1.42. The average Bonchev–Trinajstić information content (AvgIpc) is 3.87. The number of amides is 1. The molecule has 3 aromatic carbocycles. The first-order chi connectivity index (χ1) is 23.3. The van der Waals surface area contributed by atoms with Crippen molar-refractivity contribution >= 4 is 21.6 Å². The molecule has 0 N–H and O–H groups in total. The third-order valence-corrected chi connectivity index (χ3v) is 11.1. The van der Waals surface area contributed by atoms with Crippen LogP contribution in [-0.2, 0) is 31.6 Å². The van der Waals surface area contributed by atoms with Crippen LogP contribution >= 0.6 is 0 Å². The number of rotatable bonds is 9. The highest BCUT2D eigenvalue weighted by molar-refractivity contribution is 7.93. The van der Waals surface area contributed by atoms with Crippen LogP contribution in [0.3, 0.4) is 0 Å². The van der Waals surface area contributed by atoms with Gasteiger partial charge in [0.2, 0.25) is 5.89 Å². The van der Waals surface area contributed by atoms with E-state index in [0.717, 1.165) is 23.0 Å². The molecule has 48 heavy (non-hydrogen) atoms. The molecule has 0 spiro atoms. The van der Waals surface area contributed by atoms with E-state index >= 15 is 4.79 Å². The van der Waals surface area contributed by atoms with Gasteiger partial charge in [-0.2, -0.15) is 5.26 Å². The van der Waals surface area contributed by atoms with E-state index in [-0.39, 0.29) is 16.1 Å². The molecule has 1 aromatic heterocycles. The van der Waals surface area contributed by atoms with Gasteiger partial charge in [0.15, 0.2) is 5.54 Å². The first kappa shape index (κ1) is 31.8. The predicted octanol–water partition coefficient (Wildman–Crippen LogP) is 4.21. The molecule has 3 aliphatic rings. The molecule has 0 aliphatic carbocycles. The Morgan fingerprint density at radius 3 is 2.48 bits per heavy atom. The van der Waals surface area contributed by atoms with Crippen molar-refractivity contribution in [1.29, 1.82) is 5.26 Å². The van der Waals surface area contributed by atoms with Crippen LogP contribution in [-0.4, -0.2) is 76.2 Å². The Morgan fingerprint density at radius 1 is 1.00 bits per heavy atom. The molecule has 0 radical (unpaired) electrons. The fourth-order valence-electron chi connectivity index (χ4n) is 7.20. The largest absolute Gasteiger partial charge is 0.497 e. The van der Waals surface area contributed by atoms with Crippen molar-refractivity contribution in [2.45, 2.75) is 35.9 Å². The van der Waals surface area contributed by atoms with E-state index in [0.29, 0.717) is 67.7 Å². The maximum absolute atomic E-state index is 15.5. The predicted molar refractivity (Wildman–Crippen MR) is 174 cm³/mol. The van der Waals surface area contributed by atoms with Crippen LogP contribution in [0.5, 0.6) is 11.5 Å². The smallest absolute Gasteiger partial charge is 0.271 e. The van der Waals surface area contributed by atoms with Crippen molar-refractivity contribution < 1.29 is 31.8 Å². The second-order valence-corrected chi connectivity index (χ2v) is 13.7. The van der Waals surface area contributed by atoms with E-state index in [1.165, 1.54) is 49.8 Å². The molecule has 13 heteroatoms. The van der Waals surface area contributed by atoms with Gasteiger partial charge in [-0.3, -0.25) is 14.6 Å². The number of benzene rings is 3. The number of nitrogens with zero attached hydrogens (tertiary/aromatic N) is 5. The number of methoxy groups -OCH3 is 2. The van der Waals surface area contributed by atoms with E-state index < -0.39 is 27.5 Å². The number of hydrogen-bond acceptors (Lipinski definition) is 11. The number of anilines is 1. The number of ether oxygens (including phenoxy) is 3. The second kappa shape index (κ2) is 12.7. The molecule has 2 atom stereocenters. The highest BCUT2D eigenvalue weighted by atomic mass is 32.2. The highest BCUT2D eigenvalue weighted by Crippen LogP contribution is 2.56. The number of carbonyl (C=O) groups excluding carboxylic acids is 1. The third kappa shape index (κ3) is 5.12. The summed E-state index contributed by atoms with van der Waals surface area (Å²) in [5, 5.41) is 10.0. The minimum atomic E-state index is -4.45. The lowest BCUT2D eigenvalue weighted by Crippen LogP contribution is -2.54. The zero-order valence-corrected chi connectivity index (χ0v) is 27.5. The van der Waals surface area contributed by atoms with Gasteiger partial charge in [-0.15, -0.1) is 0 Å². The van der Waals surface area contributed by atoms with Crippen LogP contribution in [0.4, 0.5) is 5.69 Å². The summed E-state index contributed by atoms with van der Waals surface area (Å²) < 4.78 is 52.6. The number of hydrogen-bond donors (Lipinski definition) is 0. The lowest BCUT2D eigenvalue weighted by atomic mass is 9.80. The quantitative estimate of drug-likeness (QED) is 0.253. The van der Waals surface area contributed by atoms with Crippen LogP contribution < -0.4 is 13.8 Å². The topological polar surface area (TPSA) is 138 Å². The van der Waals surface area contributed by atoms with Gasteiger partial charge < -0.3 is 18.6 Å². The van der Waals surface area contributed by atoms with Gasteiger partial charge in [0.1, 0.15) is 17.8 Å². The Hall–Kier alpha value is -4.74. The van der Waals surface area contributed by atoms with Gasteiger partial charge in [-0.1, -0.05) is 12.1 Å². The first-order valence-electron chi connectivity index (χ1n) is 15.7. The van der Waals surface area contributed by atoms with Crippen LogP contribution in [0.25, 0.3) is 0 Å². The van der Waals surface area contributed by atoms with Gasteiger partial charge in [0.05, 0.1) is 61.9 Å². The molecule has 2 saturated heterocycles. The minimum Gasteiger partial charge on any atom is -0.497 e. The Kier molecular flexibility index (Phi) is 8.43. The van der Waals surface area contributed by atoms with Crippen molar-refractivity contribution in [1.82, 2.24) is 14.8 Å². The summed E-state index contributed by atoms with van der Waals surface area (Å²) in [6.07, 6.45) is 4.35. The Balaban J connectivity index is 1.46. The van der Waals surface area contributed by atoms with Gasteiger partial charge in [-0.25, -0.2) is 17.7 Å². The fourth-order valence-corrected chi connectivity index (χ4v) is 8.66. The summed E-state index contributed by atoms with van der Waals surface area (Å²) in [4.78, 5) is 24.1. The van der Waals surface area contributed by atoms with Crippen LogP contribution in [0.15, 0.2) is 82.4 Å². The number of nitriles is 1. The summed E-state index contributed by atoms with van der Waals surface area (Å²) in [5.74, 6) is 0.602. The second-order valence-electron chi connectivity index (χ2n) is 11.9. The zero-order valence-electron chi connectivity index (χ0n) is 26.7. The normalized spacial score (nSPS) is 21.6. The summed E-state index contributed by atoms with van der Waals surface area (Å²) >= 11 is 0. The molecule has 7 rings (SSSR count). The van der Waals surface area contributed by atoms with Crippen LogP contribution in [0.1, 0.15) is 47.0 Å². The number of morpholine rings is 1. The number of oxazole rings is 1. The number of fused-ring (bicyclic) bond motifs is 1. The molecule has 2 fully saturated rings. The van der Waals surface area contributed by atoms with E-state index in [4.69, 9.17) is 18.6 Å². The third-order valence-electron chi connectivity index (χ3n) is 9.41. The number of carbonyl (C=O) groups is 1. The average molecular weight is 670 g/mol. The molecule has 1 amide bonds. The van der Waals surface area contributed by atoms with Crippen molar-refractivity contribution in [3.05, 3.63) is 101 Å². The zero-order chi connectivity index (χ0) is 33.5. The molecular formula is C35H35N5O7S. The molecule has 4 heterocycles. The monoisotopic (exact) mass is 669 g/mol. The lowest BCUT2D eigenvalue weighted by molar-refractivity contribution is -0.127. The molecule has 3 aliphatic heterocycles. The molecule has 248 valence electrons. The standard InChI is InChI=1S/C35H35N5O7S/c1-44-26-7-9-27(10-8-26)48(42,43)40-30-12-6-24(22-36)20-29(30)35(34(40)41,39-14-3-4-31(39)33-37-13-17-47-33)28-11-5-25(21-32(28)45-2)23-38-15-18-46-19-16-38/h5-13,17,20-21,31H,3-4,14-16,18-19,23H2,1-2H3. The van der Waals surface area contributed by atoms with E-state index in [1.54, 1.807) is 19.4 Å². The highest BCUT2D eigenvalue weighted by Gasteiger charge is 2.62. The SMILES string of the molecule is COc1ccc(S(=O)(=O)N2C(=O)C(c3ccc(CN4CCOCC4)cc3OC)(N3CCCC3c3ncco3)c3cc(C#N)ccc32)cc1. The Morgan fingerprint density at radius 2 is 1.79 bits per heavy atom. The van der Waals surface area contributed by atoms with Gasteiger partial charge in [0, 0.05) is 37.3 Å². The first-order valence-corrected chi connectivity index (χ1v) is 17.2. The summed E-state index contributed by atoms with van der Waals surface area (Å²) in [5.41, 5.74) is 0.513. The summed E-state index contributed by atoms with van der Waals surface area (Å²) in [6.45, 7) is 3.96. The van der Waals surface area contributed by atoms with E-state index in [2.05, 4.69) is 16.0 Å². The maximum atomic E-state index is 15.5. The van der Waals surface area contributed by atoms with Crippen LogP contribution in [0.2, 0.25) is 0 Å². The Labute approximate surface area is 279 Å². The number of sulfonamides is 1. The maximum Gasteiger partial charge on any atom is 0.271 e. The van der Waals surface area contributed by atoms with Gasteiger partial charge in [0.25, 0.3) is 15.9 Å².